The maximum absolute atomic E-state index is 8.92. The van der Waals surface area contributed by atoms with Gasteiger partial charge in [-0.05, 0) is 30.7 Å². The quantitative estimate of drug-likeness (QED) is 0.681. The Bertz CT molecular complexity index is 381. The summed E-state index contributed by atoms with van der Waals surface area (Å²) in [4.78, 5) is 0. The van der Waals surface area contributed by atoms with Gasteiger partial charge in [0.05, 0.1) is 0 Å². The third-order valence-electron chi connectivity index (χ3n) is 1.87. The number of benzene rings is 2. The van der Waals surface area contributed by atoms with Crippen molar-refractivity contribution in [1.29, 1.82) is 0 Å². The van der Waals surface area contributed by atoms with Crippen LogP contribution in [0, 0.1) is 6.92 Å². The molecule has 0 aromatic heterocycles. The van der Waals surface area contributed by atoms with Crippen LogP contribution in [0.15, 0.2) is 54.6 Å². The van der Waals surface area contributed by atoms with Crippen LogP contribution in [-0.2, 0) is 0 Å². The molecule has 0 unspecified atom stereocenters. The molecule has 2 aromatic carbocycles. The van der Waals surface area contributed by atoms with E-state index in [0.29, 0.717) is 11.5 Å². The van der Waals surface area contributed by atoms with E-state index in [9.17, 15) is 0 Å². The highest BCUT2D eigenvalue weighted by Gasteiger charge is 1.87. The van der Waals surface area contributed by atoms with E-state index in [0.717, 1.165) is 5.56 Å². The Balaban J connectivity index is 0.000000267. The second-order valence-electron chi connectivity index (χ2n) is 3.12. The highest BCUT2D eigenvalue weighted by molar-refractivity contribution is 5.75. The van der Waals surface area contributed by atoms with Crippen LogP contribution in [0.5, 0.6) is 11.5 Å². The lowest BCUT2D eigenvalue weighted by Crippen LogP contribution is -1.68. The first-order valence-corrected chi connectivity index (χ1v) is 4.69. The zero-order valence-electron chi connectivity index (χ0n) is 8.59. The lowest BCUT2D eigenvalue weighted by Gasteiger charge is -1.92. The number of hydrogen-bond donors (Lipinski definition) is 2. The van der Waals surface area contributed by atoms with Crippen molar-refractivity contribution >= 4 is 17.4 Å². The number of para-hydroxylation sites is 2. The average molecular weight is 232 g/mol. The minimum absolute atomic E-state index is 0. The molecule has 16 heavy (non-hydrogen) atoms. The highest BCUT2D eigenvalue weighted by atomic mass is 27.0. The van der Waals surface area contributed by atoms with Crippen LogP contribution in [-0.4, -0.2) is 27.6 Å². The van der Waals surface area contributed by atoms with E-state index in [1.165, 1.54) is 0 Å². The summed E-state index contributed by atoms with van der Waals surface area (Å²) < 4.78 is 0. The van der Waals surface area contributed by atoms with E-state index >= 15 is 0 Å². The Morgan fingerprint density at radius 2 is 1.25 bits per heavy atom. The maximum atomic E-state index is 8.92. The second-order valence-corrected chi connectivity index (χ2v) is 3.12. The van der Waals surface area contributed by atoms with Crippen LogP contribution >= 0.6 is 0 Å². The summed E-state index contributed by atoms with van der Waals surface area (Å²) in [5.74, 6) is 0.690. The normalized spacial score (nSPS) is 8.31. The molecule has 0 spiro atoms. The topological polar surface area (TPSA) is 40.5 Å². The van der Waals surface area contributed by atoms with Crippen LogP contribution in [0.25, 0.3) is 0 Å². The molecule has 0 bridgehead atoms. The lowest BCUT2D eigenvalue weighted by molar-refractivity contribution is 0.471. The average Bonchev–Trinajstić information content (AvgIpc) is 2.25. The number of phenolic OH excluding ortho intramolecular Hbond substituents is 2. The Labute approximate surface area is 106 Å². The van der Waals surface area contributed by atoms with Crippen molar-refractivity contribution in [3.05, 3.63) is 60.2 Å². The van der Waals surface area contributed by atoms with Gasteiger partial charge in [-0.2, -0.15) is 0 Å². The predicted molar refractivity (Wildman–Crippen MR) is 70.9 cm³/mol. The summed E-state index contributed by atoms with van der Waals surface area (Å²) in [6.07, 6.45) is 0. The number of aromatic hydroxyl groups is 2. The molecular formula is C13H17AlO2. The van der Waals surface area contributed by atoms with Gasteiger partial charge in [0.15, 0.2) is 17.4 Å². The van der Waals surface area contributed by atoms with E-state index in [4.69, 9.17) is 10.2 Å². The molecule has 0 aliphatic heterocycles. The number of phenols is 2. The van der Waals surface area contributed by atoms with Crippen LogP contribution in [0.4, 0.5) is 0 Å². The minimum atomic E-state index is 0. The van der Waals surface area contributed by atoms with E-state index < -0.39 is 0 Å². The van der Waals surface area contributed by atoms with Crippen molar-refractivity contribution in [2.24, 2.45) is 0 Å². The van der Waals surface area contributed by atoms with E-state index in [1.54, 1.807) is 30.3 Å². The van der Waals surface area contributed by atoms with Gasteiger partial charge < -0.3 is 10.2 Å². The number of rotatable bonds is 0. The largest absolute Gasteiger partial charge is 0.508 e. The Hall–Kier alpha value is -1.43. The molecule has 0 amide bonds. The molecule has 2 nitrogen and oxygen atoms in total. The first kappa shape index (κ1) is 14.6. The molecule has 0 saturated carbocycles. The van der Waals surface area contributed by atoms with Gasteiger partial charge in [0, 0.05) is 0 Å². The van der Waals surface area contributed by atoms with Gasteiger partial charge in [-0.25, -0.2) is 0 Å². The lowest BCUT2D eigenvalue weighted by atomic mass is 10.2. The Morgan fingerprint density at radius 1 is 0.750 bits per heavy atom. The van der Waals surface area contributed by atoms with Crippen LogP contribution in [0.3, 0.4) is 0 Å². The number of hydrogen-bond acceptors (Lipinski definition) is 2. The van der Waals surface area contributed by atoms with E-state index in [2.05, 4.69) is 0 Å². The summed E-state index contributed by atoms with van der Waals surface area (Å²) in [7, 11) is 0. The maximum Gasteiger partial charge on any atom is 0.187 e. The fourth-order valence-electron chi connectivity index (χ4n) is 0.991. The fraction of sp³-hybridized carbons (Fsp3) is 0.0769. The van der Waals surface area contributed by atoms with Gasteiger partial charge in [-0.3, -0.25) is 0 Å². The first-order chi connectivity index (χ1) is 7.20. The van der Waals surface area contributed by atoms with Crippen LogP contribution in [0.2, 0.25) is 0 Å². The molecule has 2 aromatic rings. The standard InChI is InChI=1S/C7H8O.C6H6O.Al.3H/c1-6-4-2-3-5-7(6)8;7-6-4-2-1-3-5-6;;;;/h2-5,8H,1H3;1-5,7H;;;;. The van der Waals surface area contributed by atoms with Crippen molar-refractivity contribution in [2.75, 3.05) is 0 Å². The third kappa shape index (κ3) is 5.45. The Morgan fingerprint density at radius 3 is 1.56 bits per heavy atom. The molecule has 0 aliphatic rings. The second kappa shape index (κ2) is 7.81. The van der Waals surface area contributed by atoms with Crippen LogP contribution < -0.4 is 0 Å². The van der Waals surface area contributed by atoms with Gasteiger partial charge in [0.1, 0.15) is 11.5 Å². The molecular weight excluding hydrogens is 215 g/mol. The molecule has 0 aliphatic carbocycles. The monoisotopic (exact) mass is 232 g/mol. The van der Waals surface area contributed by atoms with Crippen LogP contribution in [0.1, 0.15) is 5.56 Å². The first-order valence-electron chi connectivity index (χ1n) is 4.69. The zero-order chi connectivity index (χ0) is 11.1. The van der Waals surface area contributed by atoms with Crippen molar-refractivity contribution in [3.63, 3.8) is 0 Å². The predicted octanol–water partition coefficient (Wildman–Crippen LogP) is 1.91. The van der Waals surface area contributed by atoms with E-state index in [-0.39, 0.29) is 17.4 Å². The van der Waals surface area contributed by atoms with Crippen molar-refractivity contribution in [2.45, 2.75) is 6.92 Å². The molecule has 0 heterocycles. The zero-order valence-corrected chi connectivity index (χ0v) is 8.59. The molecule has 3 heteroatoms. The molecule has 0 radical (unpaired) electrons. The third-order valence-corrected chi connectivity index (χ3v) is 1.87. The molecule has 2 rings (SSSR count). The summed E-state index contributed by atoms with van der Waals surface area (Å²) in [5, 5.41) is 17.6. The molecule has 2 N–H and O–H groups in total. The van der Waals surface area contributed by atoms with E-state index in [1.807, 2.05) is 31.2 Å². The van der Waals surface area contributed by atoms with Crippen molar-refractivity contribution < 1.29 is 10.2 Å². The highest BCUT2D eigenvalue weighted by Crippen LogP contribution is 2.12. The molecule has 0 atom stereocenters. The SMILES string of the molecule is Cc1ccccc1O.Oc1ccccc1.[AlH3]. The Kier molecular flexibility index (Phi) is 7.11. The summed E-state index contributed by atoms with van der Waals surface area (Å²) in [5.41, 5.74) is 0.924. The molecule has 84 valence electrons. The van der Waals surface area contributed by atoms with Gasteiger partial charge >= 0.3 is 0 Å². The summed E-state index contributed by atoms with van der Waals surface area (Å²) >= 11 is 0. The number of aryl methyl sites for hydroxylation is 1. The molecule has 0 saturated heterocycles. The minimum Gasteiger partial charge on any atom is -0.508 e. The van der Waals surface area contributed by atoms with Gasteiger partial charge in [-0.1, -0.05) is 36.4 Å². The van der Waals surface area contributed by atoms with Crippen molar-refractivity contribution in [3.8, 4) is 11.5 Å². The summed E-state index contributed by atoms with van der Waals surface area (Å²) in [6.45, 7) is 1.87. The summed E-state index contributed by atoms with van der Waals surface area (Å²) in [6, 6.07) is 16.0. The van der Waals surface area contributed by atoms with Gasteiger partial charge in [0.25, 0.3) is 0 Å². The fourth-order valence-corrected chi connectivity index (χ4v) is 0.991. The van der Waals surface area contributed by atoms with Gasteiger partial charge in [-0.15, -0.1) is 0 Å². The van der Waals surface area contributed by atoms with Crippen molar-refractivity contribution in [1.82, 2.24) is 0 Å². The van der Waals surface area contributed by atoms with Gasteiger partial charge in [0.2, 0.25) is 0 Å². The molecule has 0 fully saturated rings. The smallest absolute Gasteiger partial charge is 0.187 e.